The van der Waals surface area contributed by atoms with Gasteiger partial charge in [0.05, 0.1) is 22.3 Å². The zero-order valence-corrected chi connectivity index (χ0v) is 32.2. The van der Waals surface area contributed by atoms with Crippen molar-refractivity contribution < 1.29 is 39.6 Å². The lowest BCUT2D eigenvalue weighted by atomic mass is 9.91. The third kappa shape index (κ3) is 7.66. The number of carbonyl (C=O) groups is 4. The number of carboxylic acid groups (broad SMARTS) is 4. The van der Waals surface area contributed by atoms with Crippen LogP contribution in [0.1, 0.15) is 41.4 Å². The van der Waals surface area contributed by atoms with E-state index in [4.69, 9.17) is 0 Å². The quantitative estimate of drug-likeness (QED) is 0.106. The van der Waals surface area contributed by atoms with Gasteiger partial charge < -0.3 is 20.4 Å². The molecule has 7 aromatic rings. The van der Waals surface area contributed by atoms with E-state index in [-0.39, 0.29) is 22.3 Å². The minimum atomic E-state index is -1.10. The lowest BCUT2D eigenvalue weighted by molar-refractivity contribution is 0.0686. The number of halogens is 2. The van der Waals surface area contributed by atoms with Gasteiger partial charge in [-0.05, 0) is 171 Å². The summed E-state index contributed by atoms with van der Waals surface area (Å²) in [6.07, 6.45) is 0. The van der Waals surface area contributed by atoms with Crippen molar-refractivity contribution >= 4 is 55.7 Å². The summed E-state index contributed by atoms with van der Waals surface area (Å²) in [5, 5.41) is 38.2. The fraction of sp³-hybridized carbons (Fsp3) is 0. The van der Waals surface area contributed by atoms with E-state index in [1.165, 1.54) is 12.1 Å². The maximum absolute atomic E-state index is 12.2. The molecule has 0 heterocycles. The molecule has 0 aliphatic heterocycles. The molecule has 0 atom stereocenters. The minimum absolute atomic E-state index is 0.0945. The number of rotatable bonds is 10. The second-order valence-electron chi connectivity index (χ2n) is 12.9. The van der Waals surface area contributed by atoms with Crippen LogP contribution in [0, 0.1) is 0 Å². The Morgan fingerprint density at radius 3 is 1.16 bits per heavy atom. The van der Waals surface area contributed by atoms with Gasteiger partial charge in [-0.15, -0.1) is 0 Å². The Morgan fingerprint density at radius 2 is 0.696 bits per heavy atom. The SMILES string of the molecule is O=C(O)c1ccc(-c2cc(-c3ccc(C(=O)O)cc3)cc(-c3ccc(-c4cccc(-c5ccc(C(=O)O)c(-c6ccc(C(=O)O)cc6)c5)c4)c(Br)c3Br)c2)cc1. The van der Waals surface area contributed by atoms with Gasteiger partial charge in [0.1, 0.15) is 0 Å². The maximum atomic E-state index is 12.2. The van der Waals surface area contributed by atoms with Crippen LogP contribution < -0.4 is 0 Å². The van der Waals surface area contributed by atoms with E-state index in [0.29, 0.717) is 11.1 Å². The van der Waals surface area contributed by atoms with E-state index in [9.17, 15) is 39.6 Å². The first kappa shape index (κ1) is 37.7. The van der Waals surface area contributed by atoms with Crippen LogP contribution in [0.4, 0.5) is 0 Å². The van der Waals surface area contributed by atoms with E-state index in [0.717, 1.165) is 64.6 Å². The first-order valence-corrected chi connectivity index (χ1v) is 18.6. The van der Waals surface area contributed by atoms with E-state index >= 15 is 0 Å². The Labute approximate surface area is 337 Å². The van der Waals surface area contributed by atoms with Gasteiger partial charge in [-0.3, -0.25) is 0 Å². The number of hydrogen-bond donors (Lipinski definition) is 4. The molecule has 0 saturated heterocycles. The Morgan fingerprint density at radius 1 is 0.321 bits per heavy atom. The van der Waals surface area contributed by atoms with Gasteiger partial charge in [-0.2, -0.15) is 0 Å². The third-order valence-corrected chi connectivity index (χ3v) is 11.6. The molecular formula is C46H28Br2O8. The molecule has 0 radical (unpaired) electrons. The Hall–Kier alpha value is -6.62. The minimum Gasteiger partial charge on any atom is -0.478 e. The van der Waals surface area contributed by atoms with Crippen LogP contribution in [0.2, 0.25) is 0 Å². The van der Waals surface area contributed by atoms with Crippen LogP contribution in [0.25, 0.3) is 66.8 Å². The van der Waals surface area contributed by atoms with Crippen molar-refractivity contribution in [3.63, 3.8) is 0 Å². The molecule has 274 valence electrons. The molecule has 0 saturated carbocycles. The standard InChI is InChI=1S/C46H28Br2O8/c47-41-37(33-3-1-2-31(20-33)32-16-17-39(46(55)56)40(24-32)27-8-14-30(15-9-27)45(53)54)18-19-38(42(41)48)36-22-34(25-4-10-28(11-5-25)43(49)50)21-35(23-36)26-6-12-29(13-7-26)44(51)52/h1-24H,(H,49,50)(H,51,52)(H,53,54)(H,55,56). The van der Waals surface area contributed by atoms with Crippen molar-refractivity contribution in [2.45, 2.75) is 0 Å². The van der Waals surface area contributed by atoms with Crippen LogP contribution in [0.3, 0.4) is 0 Å². The number of carboxylic acids is 4. The van der Waals surface area contributed by atoms with Crippen molar-refractivity contribution in [3.05, 3.63) is 177 Å². The van der Waals surface area contributed by atoms with Crippen LogP contribution in [-0.2, 0) is 0 Å². The van der Waals surface area contributed by atoms with Crippen molar-refractivity contribution in [2.24, 2.45) is 0 Å². The predicted octanol–water partition coefficient (Wildman–Crippen LogP) is 12.0. The Balaban J connectivity index is 1.28. The average molecular weight is 869 g/mol. The number of aromatic carboxylic acids is 4. The summed E-state index contributed by atoms with van der Waals surface area (Å²) in [6.45, 7) is 0. The molecule has 0 bridgehead atoms. The van der Waals surface area contributed by atoms with Gasteiger partial charge in [-0.1, -0.05) is 72.8 Å². The molecule has 56 heavy (non-hydrogen) atoms. The zero-order chi connectivity index (χ0) is 39.7. The first-order valence-electron chi connectivity index (χ1n) is 17.0. The van der Waals surface area contributed by atoms with Crippen molar-refractivity contribution in [1.82, 2.24) is 0 Å². The fourth-order valence-electron chi connectivity index (χ4n) is 6.53. The Kier molecular flexibility index (Phi) is 10.5. The van der Waals surface area contributed by atoms with Gasteiger partial charge in [0.2, 0.25) is 0 Å². The third-order valence-electron chi connectivity index (χ3n) is 9.46. The van der Waals surface area contributed by atoms with Crippen molar-refractivity contribution in [3.8, 4) is 66.8 Å². The van der Waals surface area contributed by atoms with E-state index in [2.05, 4.69) is 31.9 Å². The zero-order valence-electron chi connectivity index (χ0n) is 29.0. The lowest BCUT2D eigenvalue weighted by Gasteiger charge is -2.16. The summed E-state index contributed by atoms with van der Waals surface area (Å²) in [5.41, 5.74) is 9.99. The van der Waals surface area contributed by atoms with E-state index in [1.807, 2.05) is 54.6 Å². The fourth-order valence-corrected chi connectivity index (χ4v) is 7.68. The molecule has 8 nitrogen and oxygen atoms in total. The molecule has 0 unspecified atom stereocenters. The molecule has 7 aromatic carbocycles. The highest BCUT2D eigenvalue weighted by Crippen LogP contribution is 2.43. The Bertz CT molecular complexity index is 2630. The van der Waals surface area contributed by atoms with Crippen LogP contribution in [0.15, 0.2) is 155 Å². The van der Waals surface area contributed by atoms with Crippen LogP contribution >= 0.6 is 31.9 Å². The van der Waals surface area contributed by atoms with Gasteiger partial charge in [0, 0.05) is 8.95 Å². The van der Waals surface area contributed by atoms with E-state index < -0.39 is 23.9 Å². The topological polar surface area (TPSA) is 149 Å². The normalized spacial score (nSPS) is 10.9. The second-order valence-corrected chi connectivity index (χ2v) is 14.5. The van der Waals surface area contributed by atoms with Gasteiger partial charge >= 0.3 is 23.9 Å². The van der Waals surface area contributed by atoms with Gasteiger partial charge in [-0.25, -0.2) is 19.2 Å². The highest BCUT2D eigenvalue weighted by atomic mass is 79.9. The van der Waals surface area contributed by atoms with E-state index in [1.54, 1.807) is 78.9 Å². The number of hydrogen-bond acceptors (Lipinski definition) is 4. The lowest BCUT2D eigenvalue weighted by Crippen LogP contribution is -2.01. The summed E-state index contributed by atoms with van der Waals surface area (Å²) in [7, 11) is 0. The van der Waals surface area contributed by atoms with Crippen molar-refractivity contribution in [2.75, 3.05) is 0 Å². The monoisotopic (exact) mass is 866 g/mol. The molecule has 4 N–H and O–H groups in total. The van der Waals surface area contributed by atoms with Gasteiger partial charge in [0.25, 0.3) is 0 Å². The molecule has 0 fully saturated rings. The predicted molar refractivity (Wildman–Crippen MR) is 222 cm³/mol. The van der Waals surface area contributed by atoms with Crippen LogP contribution in [-0.4, -0.2) is 44.3 Å². The summed E-state index contributed by atoms with van der Waals surface area (Å²) >= 11 is 7.68. The number of benzene rings is 7. The molecule has 7 rings (SSSR count). The first-order chi connectivity index (χ1) is 26.9. The summed E-state index contributed by atoms with van der Waals surface area (Å²) in [5.74, 6) is -4.20. The average Bonchev–Trinajstić information content (AvgIpc) is 3.21. The molecule has 0 aliphatic carbocycles. The second kappa shape index (κ2) is 15.6. The maximum Gasteiger partial charge on any atom is 0.336 e. The largest absolute Gasteiger partial charge is 0.478 e. The molecular weight excluding hydrogens is 840 g/mol. The summed E-state index contributed by atoms with van der Waals surface area (Å²) in [4.78, 5) is 46.6. The molecule has 0 aromatic heterocycles. The smallest absolute Gasteiger partial charge is 0.336 e. The molecule has 10 heteroatoms. The molecule has 0 aliphatic rings. The van der Waals surface area contributed by atoms with Crippen molar-refractivity contribution in [1.29, 1.82) is 0 Å². The summed E-state index contributed by atoms with van der Waals surface area (Å²) in [6, 6.07) is 42.3. The molecule has 0 spiro atoms. The highest BCUT2D eigenvalue weighted by Gasteiger charge is 2.18. The van der Waals surface area contributed by atoms with Crippen LogP contribution in [0.5, 0.6) is 0 Å². The summed E-state index contributed by atoms with van der Waals surface area (Å²) < 4.78 is 1.57. The highest BCUT2D eigenvalue weighted by molar-refractivity contribution is 9.13. The van der Waals surface area contributed by atoms with Gasteiger partial charge in [0.15, 0.2) is 0 Å². The molecule has 0 amide bonds.